The molecule has 0 aromatic rings. The molecule has 2 saturated heterocycles. The normalized spacial score (nSPS) is 26.5. The summed E-state index contributed by atoms with van der Waals surface area (Å²) in [5.41, 5.74) is 0.286. The van der Waals surface area contributed by atoms with E-state index in [1.54, 1.807) is 0 Å². The minimum atomic E-state index is 0.286. The molecular formula is C22H46N4. The Kier molecular flexibility index (Phi) is 7.97. The standard InChI is InChI=1S/C22H46N4/c1-18(2)23-11-13-24(14-12-23)20(5)9-10-21(6)26-16-15-25(19(3)4)17-22(26,7)8/h18-21H,9-17H2,1-8H3. The van der Waals surface area contributed by atoms with Gasteiger partial charge in [-0.1, -0.05) is 0 Å². The summed E-state index contributed by atoms with van der Waals surface area (Å²) in [6, 6.07) is 2.75. The van der Waals surface area contributed by atoms with Gasteiger partial charge in [0.05, 0.1) is 0 Å². The van der Waals surface area contributed by atoms with Gasteiger partial charge in [0.1, 0.15) is 0 Å². The molecule has 2 atom stereocenters. The Morgan fingerprint density at radius 1 is 0.615 bits per heavy atom. The van der Waals surface area contributed by atoms with E-state index in [9.17, 15) is 0 Å². The monoisotopic (exact) mass is 366 g/mol. The van der Waals surface area contributed by atoms with Crippen molar-refractivity contribution in [1.82, 2.24) is 19.6 Å². The minimum Gasteiger partial charge on any atom is -0.298 e. The topological polar surface area (TPSA) is 13.0 Å². The fourth-order valence-electron chi connectivity index (χ4n) is 4.98. The molecule has 0 saturated carbocycles. The van der Waals surface area contributed by atoms with E-state index in [4.69, 9.17) is 0 Å². The zero-order valence-electron chi connectivity index (χ0n) is 19.0. The fraction of sp³-hybridized carbons (Fsp3) is 1.00. The largest absolute Gasteiger partial charge is 0.298 e. The van der Waals surface area contributed by atoms with Crippen LogP contribution in [0.3, 0.4) is 0 Å². The van der Waals surface area contributed by atoms with Crippen molar-refractivity contribution in [2.45, 2.75) is 97.9 Å². The van der Waals surface area contributed by atoms with Crippen LogP contribution in [0.4, 0.5) is 0 Å². The van der Waals surface area contributed by atoms with Gasteiger partial charge in [-0.2, -0.15) is 0 Å². The summed E-state index contributed by atoms with van der Waals surface area (Å²) < 4.78 is 0. The second kappa shape index (κ2) is 9.36. The van der Waals surface area contributed by atoms with Crippen molar-refractivity contribution in [2.75, 3.05) is 45.8 Å². The van der Waals surface area contributed by atoms with E-state index in [-0.39, 0.29) is 5.54 Å². The summed E-state index contributed by atoms with van der Waals surface area (Å²) >= 11 is 0. The third-order valence-corrected chi connectivity index (χ3v) is 6.96. The van der Waals surface area contributed by atoms with E-state index in [2.05, 4.69) is 75.0 Å². The first-order chi connectivity index (χ1) is 12.1. The zero-order chi connectivity index (χ0) is 19.5. The Balaban J connectivity index is 1.78. The van der Waals surface area contributed by atoms with Gasteiger partial charge < -0.3 is 0 Å². The van der Waals surface area contributed by atoms with Gasteiger partial charge in [0.15, 0.2) is 0 Å². The molecule has 2 aliphatic rings. The summed E-state index contributed by atoms with van der Waals surface area (Å²) in [5.74, 6) is 0. The Morgan fingerprint density at radius 2 is 1.08 bits per heavy atom. The Labute approximate surface area is 163 Å². The van der Waals surface area contributed by atoms with E-state index < -0.39 is 0 Å². The van der Waals surface area contributed by atoms with Crippen LogP contribution in [-0.4, -0.2) is 95.1 Å². The number of nitrogens with zero attached hydrogens (tertiary/aromatic N) is 4. The minimum absolute atomic E-state index is 0.286. The lowest BCUT2D eigenvalue weighted by atomic mass is 9.93. The van der Waals surface area contributed by atoms with Crippen LogP contribution in [0.15, 0.2) is 0 Å². The summed E-state index contributed by atoms with van der Waals surface area (Å²) in [5, 5.41) is 0. The van der Waals surface area contributed by atoms with Crippen molar-refractivity contribution in [2.24, 2.45) is 0 Å². The van der Waals surface area contributed by atoms with E-state index in [0.29, 0.717) is 24.2 Å². The van der Waals surface area contributed by atoms with Crippen LogP contribution in [0.1, 0.15) is 68.2 Å². The number of piperazine rings is 2. The molecule has 0 aromatic heterocycles. The first-order valence-corrected chi connectivity index (χ1v) is 11.1. The van der Waals surface area contributed by atoms with E-state index in [1.165, 1.54) is 58.7 Å². The van der Waals surface area contributed by atoms with Gasteiger partial charge in [0, 0.05) is 75.5 Å². The molecule has 0 radical (unpaired) electrons. The van der Waals surface area contributed by atoms with Crippen LogP contribution in [-0.2, 0) is 0 Å². The van der Waals surface area contributed by atoms with Crippen molar-refractivity contribution in [1.29, 1.82) is 0 Å². The van der Waals surface area contributed by atoms with Crippen LogP contribution in [0.2, 0.25) is 0 Å². The predicted octanol–water partition coefficient (Wildman–Crippen LogP) is 3.37. The lowest BCUT2D eigenvalue weighted by Gasteiger charge is -2.51. The first-order valence-electron chi connectivity index (χ1n) is 11.1. The van der Waals surface area contributed by atoms with E-state index in [0.717, 1.165) is 0 Å². The van der Waals surface area contributed by atoms with E-state index >= 15 is 0 Å². The van der Waals surface area contributed by atoms with Crippen LogP contribution in [0.5, 0.6) is 0 Å². The molecule has 0 bridgehead atoms. The highest BCUT2D eigenvalue weighted by Crippen LogP contribution is 2.27. The van der Waals surface area contributed by atoms with Crippen LogP contribution in [0.25, 0.3) is 0 Å². The molecule has 2 unspecified atom stereocenters. The molecule has 0 spiro atoms. The first kappa shape index (κ1) is 22.1. The zero-order valence-corrected chi connectivity index (χ0v) is 19.0. The summed E-state index contributed by atoms with van der Waals surface area (Å²) in [7, 11) is 0. The van der Waals surface area contributed by atoms with Crippen LogP contribution < -0.4 is 0 Å². The average Bonchev–Trinajstić information content (AvgIpc) is 2.58. The van der Waals surface area contributed by atoms with Crippen molar-refractivity contribution in [3.63, 3.8) is 0 Å². The highest BCUT2D eigenvalue weighted by Gasteiger charge is 2.37. The Bertz CT molecular complexity index is 412. The van der Waals surface area contributed by atoms with Gasteiger partial charge in [-0.05, 0) is 68.2 Å². The third kappa shape index (κ3) is 5.67. The second-order valence-corrected chi connectivity index (χ2v) is 10.0. The molecule has 2 heterocycles. The van der Waals surface area contributed by atoms with Gasteiger partial charge in [0.25, 0.3) is 0 Å². The quantitative estimate of drug-likeness (QED) is 0.685. The summed E-state index contributed by atoms with van der Waals surface area (Å²) in [6.45, 7) is 27.7. The lowest BCUT2D eigenvalue weighted by Crippen LogP contribution is -2.62. The third-order valence-electron chi connectivity index (χ3n) is 6.96. The van der Waals surface area contributed by atoms with Gasteiger partial charge >= 0.3 is 0 Å². The molecule has 2 fully saturated rings. The molecule has 26 heavy (non-hydrogen) atoms. The molecule has 0 aliphatic carbocycles. The molecule has 4 heteroatoms. The number of hydrogen-bond donors (Lipinski definition) is 0. The van der Waals surface area contributed by atoms with E-state index in [1.807, 2.05) is 0 Å². The van der Waals surface area contributed by atoms with Crippen molar-refractivity contribution in [3.8, 4) is 0 Å². The number of rotatable bonds is 7. The molecule has 4 nitrogen and oxygen atoms in total. The maximum Gasteiger partial charge on any atom is 0.0283 e. The molecule has 0 N–H and O–H groups in total. The molecule has 2 rings (SSSR count). The fourth-order valence-corrected chi connectivity index (χ4v) is 4.98. The number of hydrogen-bond acceptors (Lipinski definition) is 4. The van der Waals surface area contributed by atoms with Gasteiger partial charge in [-0.25, -0.2) is 0 Å². The SMILES string of the molecule is CC(C)N1CCN(C(C)CCC(C)N2CCN(C(C)C)CC2(C)C)CC1. The van der Waals surface area contributed by atoms with Gasteiger partial charge in [-0.3, -0.25) is 19.6 Å². The van der Waals surface area contributed by atoms with Gasteiger partial charge in [0.2, 0.25) is 0 Å². The molecule has 0 aromatic carbocycles. The van der Waals surface area contributed by atoms with Gasteiger partial charge in [-0.15, -0.1) is 0 Å². The molecular weight excluding hydrogens is 320 g/mol. The summed E-state index contributed by atoms with van der Waals surface area (Å²) in [6.07, 6.45) is 2.64. The second-order valence-electron chi connectivity index (χ2n) is 10.0. The van der Waals surface area contributed by atoms with Crippen molar-refractivity contribution >= 4 is 0 Å². The highest BCUT2D eigenvalue weighted by atomic mass is 15.3. The maximum absolute atomic E-state index is 2.77. The van der Waals surface area contributed by atoms with Crippen molar-refractivity contribution in [3.05, 3.63) is 0 Å². The lowest BCUT2D eigenvalue weighted by molar-refractivity contribution is -0.0217. The Morgan fingerprint density at radius 3 is 1.58 bits per heavy atom. The molecule has 154 valence electrons. The average molecular weight is 367 g/mol. The molecule has 2 aliphatic heterocycles. The highest BCUT2D eigenvalue weighted by molar-refractivity contribution is 4.93. The van der Waals surface area contributed by atoms with Crippen LogP contribution in [0, 0.1) is 0 Å². The van der Waals surface area contributed by atoms with Crippen molar-refractivity contribution < 1.29 is 0 Å². The molecule has 0 amide bonds. The predicted molar refractivity (Wildman–Crippen MR) is 114 cm³/mol. The smallest absolute Gasteiger partial charge is 0.0283 e. The summed E-state index contributed by atoms with van der Waals surface area (Å²) in [4.78, 5) is 10.7. The van der Waals surface area contributed by atoms with Crippen LogP contribution >= 0.6 is 0 Å². The Hall–Kier alpha value is -0.160. The maximum atomic E-state index is 2.77.